The van der Waals surface area contributed by atoms with E-state index < -0.39 is 23.3 Å². The molecule has 0 N–H and O–H groups in total. The van der Waals surface area contributed by atoms with E-state index in [1.807, 2.05) is 12.1 Å². The van der Waals surface area contributed by atoms with Gasteiger partial charge in [-0.2, -0.15) is 0 Å². The number of hydrogen-bond donors (Lipinski definition) is 0. The van der Waals surface area contributed by atoms with Crippen LogP contribution in [0.1, 0.15) is 5.56 Å². The van der Waals surface area contributed by atoms with Crippen LogP contribution in [0.2, 0.25) is 0 Å². The molecule has 118 valence electrons. The third-order valence-electron chi connectivity index (χ3n) is 3.19. The summed E-state index contributed by atoms with van der Waals surface area (Å²) >= 11 is 6.24. The smallest absolute Gasteiger partial charge is 0.236 e. The van der Waals surface area contributed by atoms with Crippen LogP contribution >= 0.6 is 31.9 Å². The largest absolute Gasteiger partial charge is 0.496 e. The van der Waals surface area contributed by atoms with Crippen molar-refractivity contribution in [2.24, 2.45) is 5.92 Å². The minimum Gasteiger partial charge on any atom is -0.496 e. The Bertz CT molecular complexity index is 760. The molecule has 1 aromatic carbocycles. The van der Waals surface area contributed by atoms with E-state index in [9.17, 15) is 14.4 Å². The Morgan fingerprint density at radius 3 is 2.61 bits per heavy atom. The van der Waals surface area contributed by atoms with Crippen molar-refractivity contribution >= 4 is 55.3 Å². The van der Waals surface area contributed by atoms with Crippen LogP contribution in [-0.2, 0) is 14.4 Å². The maximum atomic E-state index is 12.3. The van der Waals surface area contributed by atoms with Gasteiger partial charge in [-0.25, -0.2) is 0 Å². The summed E-state index contributed by atoms with van der Waals surface area (Å²) in [4.78, 5) is 36.3. The van der Waals surface area contributed by atoms with E-state index in [2.05, 4.69) is 31.9 Å². The molecule has 0 aliphatic heterocycles. The van der Waals surface area contributed by atoms with Crippen LogP contribution in [0.15, 0.2) is 51.5 Å². The molecule has 0 amide bonds. The second-order valence-electron chi connectivity index (χ2n) is 4.69. The Labute approximate surface area is 150 Å². The second kappa shape index (κ2) is 7.66. The van der Waals surface area contributed by atoms with Gasteiger partial charge < -0.3 is 4.74 Å². The fourth-order valence-electron chi connectivity index (χ4n) is 2.02. The van der Waals surface area contributed by atoms with E-state index >= 15 is 0 Å². The molecule has 1 aliphatic carbocycles. The van der Waals surface area contributed by atoms with E-state index in [1.54, 1.807) is 18.2 Å². The van der Waals surface area contributed by atoms with Crippen molar-refractivity contribution in [1.82, 2.24) is 0 Å². The summed E-state index contributed by atoms with van der Waals surface area (Å²) < 4.78 is 5.81. The fraction of sp³-hybridized carbons (Fsp3) is 0.118. The van der Waals surface area contributed by atoms with Gasteiger partial charge in [0.2, 0.25) is 11.6 Å². The quantitative estimate of drug-likeness (QED) is 0.408. The number of Topliss-reactive ketones (excluding diaryl/α,β-unsaturated/α-hetero) is 2. The van der Waals surface area contributed by atoms with Gasteiger partial charge >= 0.3 is 0 Å². The molecule has 0 bridgehead atoms. The SMILES string of the molecule is COc1ccccc1/C=C/C(=O)C1C=C(Br)C=C(Br)C(=O)C1=O. The molecule has 0 spiro atoms. The number of carbonyl (C=O) groups excluding carboxylic acids is 3. The normalized spacial score (nSPS) is 18.5. The van der Waals surface area contributed by atoms with Gasteiger partial charge in [0.25, 0.3) is 0 Å². The monoisotopic (exact) mass is 438 g/mol. The van der Waals surface area contributed by atoms with Crippen LogP contribution in [-0.4, -0.2) is 24.5 Å². The Morgan fingerprint density at radius 2 is 1.91 bits per heavy atom. The highest BCUT2D eigenvalue weighted by Gasteiger charge is 2.31. The molecular weight excluding hydrogens is 428 g/mol. The molecule has 0 heterocycles. The standard InChI is InChI=1S/C17H12Br2O4/c1-23-15-5-3-2-4-10(15)6-7-14(20)12-8-11(18)9-13(19)17(22)16(12)21/h2-9,12H,1H3/b7-6+. The zero-order valence-corrected chi connectivity index (χ0v) is 15.3. The number of ketones is 3. The van der Waals surface area contributed by atoms with Crippen molar-refractivity contribution < 1.29 is 19.1 Å². The molecule has 4 nitrogen and oxygen atoms in total. The summed E-state index contributed by atoms with van der Waals surface area (Å²) in [5, 5.41) is 0. The Hall–Kier alpha value is -1.79. The summed E-state index contributed by atoms with van der Waals surface area (Å²) in [6.45, 7) is 0. The molecule has 1 aromatic rings. The van der Waals surface area contributed by atoms with Crippen molar-refractivity contribution in [3.05, 3.63) is 57.0 Å². The predicted octanol–water partition coefficient (Wildman–Crippen LogP) is 3.60. The number of halogens is 2. The molecule has 0 fully saturated rings. The zero-order valence-electron chi connectivity index (χ0n) is 12.1. The van der Waals surface area contributed by atoms with Gasteiger partial charge in [-0.3, -0.25) is 14.4 Å². The average molecular weight is 440 g/mol. The van der Waals surface area contributed by atoms with Gasteiger partial charge in [-0.1, -0.05) is 40.2 Å². The molecule has 1 atom stereocenters. The lowest BCUT2D eigenvalue weighted by molar-refractivity contribution is -0.138. The highest BCUT2D eigenvalue weighted by atomic mass is 79.9. The number of methoxy groups -OCH3 is 1. The van der Waals surface area contributed by atoms with Crippen molar-refractivity contribution in [3.63, 3.8) is 0 Å². The lowest BCUT2D eigenvalue weighted by Gasteiger charge is -2.06. The van der Waals surface area contributed by atoms with Gasteiger partial charge in [0.1, 0.15) is 11.7 Å². The van der Waals surface area contributed by atoms with Gasteiger partial charge in [-0.15, -0.1) is 0 Å². The number of ether oxygens (including phenoxy) is 1. The van der Waals surface area contributed by atoms with E-state index in [0.717, 1.165) is 0 Å². The average Bonchev–Trinajstić information content (AvgIpc) is 2.64. The molecule has 0 saturated heterocycles. The molecular formula is C17H12Br2O4. The number of allylic oxidation sites excluding steroid dienone is 5. The summed E-state index contributed by atoms with van der Waals surface area (Å²) in [6.07, 6.45) is 5.72. The minimum absolute atomic E-state index is 0.120. The van der Waals surface area contributed by atoms with Crippen molar-refractivity contribution in [2.45, 2.75) is 0 Å². The maximum absolute atomic E-state index is 12.3. The first-order chi connectivity index (χ1) is 10.9. The number of carbonyl (C=O) groups is 3. The lowest BCUT2D eigenvalue weighted by Crippen LogP contribution is -2.27. The first-order valence-electron chi connectivity index (χ1n) is 6.62. The van der Waals surface area contributed by atoms with Crippen LogP contribution in [0.3, 0.4) is 0 Å². The zero-order chi connectivity index (χ0) is 17.0. The third kappa shape index (κ3) is 4.14. The topological polar surface area (TPSA) is 60.4 Å². The highest BCUT2D eigenvalue weighted by Crippen LogP contribution is 2.25. The number of hydrogen-bond acceptors (Lipinski definition) is 4. The van der Waals surface area contributed by atoms with Crippen LogP contribution < -0.4 is 4.74 Å². The van der Waals surface area contributed by atoms with Crippen molar-refractivity contribution in [2.75, 3.05) is 7.11 Å². The molecule has 1 unspecified atom stereocenters. The molecule has 2 rings (SSSR count). The van der Waals surface area contributed by atoms with Crippen LogP contribution in [0, 0.1) is 5.92 Å². The first kappa shape index (κ1) is 17.6. The van der Waals surface area contributed by atoms with E-state index in [4.69, 9.17) is 4.74 Å². The van der Waals surface area contributed by atoms with Crippen LogP contribution in [0.5, 0.6) is 5.75 Å². The second-order valence-corrected chi connectivity index (χ2v) is 6.46. The lowest BCUT2D eigenvalue weighted by atomic mass is 9.96. The number of rotatable bonds is 4. The Balaban J connectivity index is 2.27. The molecule has 23 heavy (non-hydrogen) atoms. The van der Waals surface area contributed by atoms with Crippen molar-refractivity contribution in [3.8, 4) is 5.75 Å². The number of para-hydroxylation sites is 1. The van der Waals surface area contributed by atoms with Gasteiger partial charge in [-0.05, 0) is 40.2 Å². The van der Waals surface area contributed by atoms with E-state index in [1.165, 1.54) is 25.3 Å². The summed E-state index contributed by atoms with van der Waals surface area (Å²) in [5.74, 6) is -2.49. The van der Waals surface area contributed by atoms with E-state index in [0.29, 0.717) is 15.8 Å². The molecule has 0 saturated carbocycles. The third-order valence-corrected chi connectivity index (χ3v) is 4.27. The number of benzene rings is 1. The maximum Gasteiger partial charge on any atom is 0.236 e. The predicted molar refractivity (Wildman–Crippen MR) is 94.6 cm³/mol. The van der Waals surface area contributed by atoms with Crippen LogP contribution in [0.25, 0.3) is 6.08 Å². The summed E-state index contributed by atoms with van der Waals surface area (Å²) in [6, 6.07) is 7.17. The fourth-order valence-corrected chi connectivity index (χ4v) is 3.26. The van der Waals surface area contributed by atoms with Gasteiger partial charge in [0.05, 0.1) is 11.6 Å². The Kier molecular flexibility index (Phi) is 5.85. The van der Waals surface area contributed by atoms with E-state index in [-0.39, 0.29) is 4.48 Å². The Morgan fingerprint density at radius 1 is 1.22 bits per heavy atom. The molecule has 0 aromatic heterocycles. The highest BCUT2D eigenvalue weighted by molar-refractivity contribution is 9.12. The van der Waals surface area contributed by atoms with Crippen molar-refractivity contribution in [1.29, 1.82) is 0 Å². The first-order valence-corrected chi connectivity index (χ1v) is 8.20. The molecule has 6 heteroatoms. The molecule has 1 aliphatic rings. The van der Waals surface area contributed by atoms with Crippen LogP contribution in [0.4, 0.5) is 0 Å². The minimum atomic E-state index is -1.14. The van der Waals surface area contributed by atoms with Gasteiger partial charge in [0, 0.05) is 10.0 Å². The summed E-state index contributed by atoms with van der Waals surface area (Å²) in [7, 11) is 1.53. The molecule has 0 radical (unpaired) electrons. The summed E-state index contributed by atoms with van der Waals surface area (Å²) in [5.41, 5.74) is 0.707. The van der Waals surface area contributed by atoms with Gasteiger partial charge in [0.15, 0.2) is 5.78 Å².